The summed E-state index contributed by atoms with van der Waals surface area (Å²) in [6.45, 7) is 3.74. The first kappa shape index (κ1) is 21.9. The van der Waals surface area contributed by atoms with E-state index in [1.54, 1.807) is 55.5 Å². The number of nitrogens with one attached hydrogen (secondary N) is 2. The fourth-order valence-electron chi connectivity index (χ4n) is 3.21. The first-order valence-electron chi connectivity index (χ1n) is 9.96. The normalized spacial score (nSPS) is 15.5. The van der Waals surface area contributed by atoms with Crippen LogP contribution in [-0.4, -0.2) is 37.8 Å². The molecule has 0 radical (unpaired) electrons. The Bertz CT molecular complexity index is 987. The number of benzene rings is 2. The first-order valence-corrected chi connectivity index (χ1v) is 9.96. The highest BCUT2D eigenvalue weighted by atomic mass is 16.5. The third-order valence-corrected chi connectivity index (χ3v) is 4.54. The maximum atomic E-state index is 12.7. The number of carbonyl (C=O) groups excluding carboxylic acids is 3. The van der Waals surface area contributed by atoms with Gasteiger partial charge >= 0.3 is 18.0 Å². The van der Waals surface area contributed by atoms with E-state index >= 15 is 0 Å². The smallest absolute Gasteiger partial charge is 0.342 e. The fraction of sp³-hybridized carbons (Fsp3) is 0.261. The zero-order chi connectivity index (χ0) is 22.2. The molecule has 0 saturated carbocycles. The Labute approximate surface area is 180 Å². The Morgan fingerprint density at radius 2 is 1.61 bits per heavy atom. The van der Waals surface area contributed by atoms with Crippen LogP contribution in [0.5, 0.6) is 5.75 Å². The Morgan fingerprint density at radius 1 is 0.903 bits per heavy atom. The van der Waals surface area contributed by atoms with Crippen molar-refractivity contribution in [2.24, 2.45) is 0 Å². The van der Waals surface area contributed by atoms with Gasteiger partial charge in [-0.2, -0.15) is 0 Å². The number of amides is 2. The third-order valence-electron chi connectivity index (χ3n) is 4.54. The van der Waals surface area contributed by atoms with Crippen LogP contribution in [0.2, 0.25) is 0 Å². The average molecular weight is 424 g/mol. The van der Waals surface area contributed by atoms with E-state index in [4.69, 9.17) is 14.2 Å². The van der Waals surface area contributed by atoms with Gasteiger partial charge in [0.1, 0.15) is 17.9 Å². The quantitative estimate of drug-likeness (QED) is 0.631. The highest BCUT2D eigenvalue weighted by Gasteiger charge is 2.34. The molecule has 2 aromatic carbocycles. The summed E-state index contributed by atoms with van der Waals surface area (Å²) in [4.78, 5) is 37.6. The van der Waals surface area contributed by atoms with E-state index in [0.717, 1.165) is 0 Å². The monoisotopic (exact) mass is 424 g/mol. The lowest BCUT2D eigenvalue weighted by Crippen LogP contribution is -2.47. The van der Waals surface area contributed by atoms with Crippen molar-refractivity contribution in [2.75, 3.05) is 19.8 Å². The van der Waals surface area contributed by atoms with E-state index in [9.17, 15) is 14.4 Å². The minimum Gasteiger partial charge on any atom is -0.493 e. The van der Waals surface area contributed by atoms with Gasteiger partial charge in [-0.3, -0.25) is 0 Å². The zero-order valence-electron chi connectivity index (χ0n) is 17.3. The number of para-hydroxylation sites is 1. The van der Waals surface area contributed by atoms with Crippen molar-refractivity contribution in [3.63, 3.8) is 0 Å². The molecule has 1 aliphatic rings. The molecule has 0 aromatic heterocycles. The number of urea groups is 1. The predicted molar refractivity (Wildman–Crippen MR) is 112 cm³/mol. The molecule has 1 heterocycles. The Hall–Kier alpha value is -3.81. The second-order valence-electron chi connectivity index (χ2n) is 6.56. The van der Waals surface area contributed by atoms with Crippen LogP contribution in [-0.2, 0) is 14.3 Å². The van der Waals surface area contributed by atoms with E-state index in [2.05, 4.69) is 10.6 Å². The Morgan fingerprint density at radius 3 is 2.32 bits per heavy atom. The molecule has 0 spiro atoms. The van der Waals surface area contributed by atoms with Crippen LogP contribution < -0.4 is 15.4 Å². The van der Waals surface area contributed by atoms with Crippen LogP contribution in [0.3, 0.4) is 0 Å². The largest absolute Gasteiger partial charge is 0.493 e. The first-order chi connectivity index (χ1) is 15.0. The summed E-state index contributed by atoms with van der Waals surface area (Å²) in [6.07, 6.45) is 0. The third kappa shape index (κ3) is 5.22. The Kier molecular flexibility index (Phi) is 7.26. The van der Waals surface area contributed by atoms with Gasteiger partial charge in [-0.15, -0.1) is 0 Å². The van der Waals surface area contributed by atoms with Crippen LogP contribution in [0.25, 0.3) is 0 Å². The molecule has 0 bridgehead atoms. The van der Waals surface area contributed by atoms with Crippen LogP contribution in [0.1, 0.15) is 35.8 Å². The lowest BCUT2D eigenvalue weighted by Gasteiger charge is -2.29. The molecule has 1 unspecified atom stereocenters. The van der Waals surface area contributed by atoms with Gasteiger partial charge < -0.3 is 24.8 Å². The van der Waals surface area contributed by atoms with Crippen LogP contribution in [0.4, 0.5) is 4.79 Å². The minimum atomic E-state index is -0.738. The SMILES string of the molecule is CCOC(=O)C1=C(COC(=O)c2ccccc2OCC)NC(=O)NC1c1ccccc1. The van der Waals surface area contributed by atoms with Crippen molar-refractivity contribution in [1.82, 2.24) is 10.6 Å². The summed E-state index contributed by atoms with van der Waals surface area (Å²) in [7, 11) is 0. The molecule has 8 nitrogen and oxygen atoms in total. The highest BCUT2D eigenvalue weighted by Crippen LogP contribution is 2.28. The van der Waals surface area contributed by atoms with Crippen LogP contribution >= 0.6 is 0 Å². The van der Waals surface area contributed by atoms with E-state index < -0.39 is 24.0 Å². The average Bonchev–Trinajstić information content (AvgIpc) is 2.78. The van der Waals surface area contributed by atoms with E-state index in [1.807, 2.05) is 13.0 Å². The molecule has 162 valence electrons. The molecule has 0 fully saturated rings. The van der Waals surface area contributed by atoms with Crippen LogP contribution in [0, 0.1) is 0 Å². The predicted octanol–water partition coefficient (Wildman–Crippen LogP) is 3.11. The van der Waals surface area contributed by atoms with Gasteiger partial charge in [0.25, 0.3) is 0 Å². The van der Waals surface area contributed by atoms with E-state index in [1.165, 1.54) is 0 Å². The van der Waals surface area contributed by atoms with Crippen molar-refractivity contribution in [3.8, 4) is 5.75 Å². The lowest BCUT2D eigenvalue weighted by molar-refractivity contribution is -0.139. The highest BCUT2D eigenvalue weighted by molar-refractivity contribution is 5.96. The van der Waals surface area contributed by atoms with Crippen molar-refractivity contribution >= 4 is 18.0 Å². The number of hydrogen-bond acceptors (Lipinski definition) is 6. The van der Waals surface area contributed by atoms with Crippen molar-refractivity contribution in [2.45, 2.75) is 19.9 Å². The number of esters is 2. The van der Waals surface area contributed by atoms with Gasteiger partial charge in [-0.25, -0.2) is 14.4 Å². The van der Waals surface area contributed by atoms with Gasteiger partial charge in [0.05, 0.1) is 30.5 Å². The molecule has 8 heteroatoms. The molecule has 31 heavy (non-hydrogen) atoms. The van der Waals surface area contributed by atoms with Gasteiger partial charge in [-0.1, -0.05) is 42.5 Å². The molecule has 0 saturated heterocycles. The molecule has 0 aliphatic carbocycles. The molecule has 1 aliphatic heterocycles. The second-order valence-corrected chi connectivity index (χ2v) is 6.56. The summed E-state index contributed by atoms with van der Waals surface area (Å²) >= 11 is 0. The number of rotatable bonds is 8. The molecule has 1 atom stereocenters. The van der Waals surface area contributed by atoms with Crippen molar-refractivity contribution in [3.05, 3.63) is 77.0 Å². The Balaban J connectivity index is 1.90. The summed E-state index contributed by atoms with van der Waals surface area (Å²) in [5.41, 5.74) is 1.30. The minimum absolute atomic E-state index is 0.159. The molecule has 2 N–H and O–H groups in total. The molecule has 3 rings (SSSR count). The zero-order valence-corrected chi connectivity index (χ0v) is 17.3. The summed E-state index contributed by atoms with van der Waals surface area (Å²) in [6, 6.07) is 14.5. The summed E-state index contributed by atoms with van der Waals surface area (Å²) < 4.78 is 16.1. The van der Waals surface area contributed by atoms with Gasteiger partial charge in [0, 0.05) is 0 Å². The second kappa shape index (κ2) is 10.3. The molecular formula is C23H24N2O6. The van der Waals surface area contributed by atoms with Crippen molar-refractivity contribution in [1.29, 1.82) is 0 Å². The number of carbonyl (C=O) groups is 3. The molecule has 2 aromatic rings. The number of ether oxygens (including phenoxy) is 3. The fourth-order valence-corrected chi connectivity index (χ4v) is 3.21. The number of hydrogen-bond donors (Lipinski definition) is 2. The maximum Gasteiger partial charge on any atom is 0.342 e. The topological polar surface area (TPSA) is 103 Å². The van der Waals surface area contributed by atoms with Crippen LogP contribution in [0.15, 0.2) is 65.9 Å². The van der Waals surface area contributed by atoms with Gasteiger partial charge in [-0.05, 0) is 31.5 Å². The van der Waals surface area contributed by atoms with E-state index in [-0.39, 0.29) is 30.0 Å². The van der Waals surface area contributed by atoms with Gasteiger partial charge in [0.15, 0.2) is 0 Å². The molecule has 2 amide bonds. The van der Waals surface area contributed by atoms with Gasteiger partial charge in [0.2, 0.25) is 0 Å². The van der Waals surface area contributed by atoms with E-state index in [0.29, 0.717) is 17.9 Å². The maximum absolute atomic E-state index is 12.7. The summed E-state index contributed by atoms with van der Waals surface area (Å²) in [5.74, 6) is -0.848. The standard InChI is InChI=1S/C23H24N2O6/c1-3-29-18-13-9-8-12-16(18)21(26)31-14-17-19(22(27)30-4-2)20(25-23(28)24-17)15-10-6-5-7-11-15/h5-13,20H,3-4,14H2,1-2H3,(H2,24,25,28). The van der Waals surface area contributed by atoms with Crippen molar-refractivity contribution < 1.29 is 28.6 Å². The summed E-state index contributed by atoms with van der Waals surface area (Å²) in [5, 5.41) is 5.30. The lowest BCUT2D eigenvalue weighted by atomic mass is 9.95. The molecular weight excluding hydrogens is 400 g/mol.